The molecular weight excluding hydrogens is 331 g/mol. The molecule has 0 spiro atoms. The van der Waals surface area contributed by atoms with Gasteiger partial charge in [0, 0.05) is 19.2 Å². The van der Waals surface area contributed by atoms with Gasteiger partial charge < -0.3 is 4.98 Å². The topological polar surface area (TPSA) is 63.6 Å². The fourth-order valence-electron chi connectivity index (χ4n) is 1.78. The Kier molecular flexibility index (Phi) is 2.53. The number of H-pyrrole nitrogens is 1. The molecule has 3 rings (SSSR count). The van der Waals surface area contributed by atoms with Gasteiger partial charge in [-0.15, -0.1) is 0 Å². The molecule has 1 aliphatic carbocycles. The zero-order valence-electron chi connectivity index (χ0n) is 9.27. The van der Waals surface area contributed by atoms with Crippen LogP contribution < -0.4 is 5.56 Å². The summed E-state index contributed by atoms with van der Waals surface area (Å²) in [6, 6.07) is 0. The first-order chi connectivity index (χ1) is 8.15. The standard InChI is InChI=1S/C11H11IN4O/c1-16-5-7(4-13-16)10-14-9(6-2-3-6)8(12)11(17)15-10/h4-6H,2-3H2,1H3,(H,14,15,17). The van der Waals surface area contributed by atoms with Gasteiger partial charge in [-0.25, -0.2) is 4.98 Å². The van der Waals surface area contributed by atoms with Crippen molar-refractivity contribution in [3.05, 3.63) is 32.0 Å². The van der Waals surface area contributed by atoms with Crippen molar-refractivity contribution < 1.29 is 0 Å². The van der Waals surface area contributed by atoms with Gasteiger partial charge in [0.1, 0.15) is 5.82 Å². The van der Waals surface area contributed by atoms with Crippen molar-refractivity contribution in [2.45, 2.75) is 18.8 Å². The molecule has 0 amide bonds. The van der Waals surface area contributed by atoms with Gasteiger partial charge in [-0.05, 0) is 35.4 Å². The van der Waals surface area contributed by atoms with Gasteiger partial charge >= 0.3 is 0 Å². The Balaban J connectivity index is 2.14. The fraction of sp³-hybridized carbons (Fsp3) is 0.364. The second kappa shape index (κ2) is 3.94. The number of rotatable bonds is 2. The van der Waals surface area contributed by atoms with Crippen LogP contribution in [0, 0.1) is 3.57 Å². The second-order valence-corrected chi connectivity index (χ2v) is 5.37. The van der Waals surface area contributed by atoms with Crippen LogP contribution in [0.15, 0.2) is 17.2 Å². The first-order valence-corrected chi connectivity index (χ1v) is 6.52. The van der Waals surface area contributed by atoms with Crippen LogP contribution in [0.1, 0.15) is 24.5 Å². The van der Waals surface area contributed by atoms with Crippen LogP contribution in [0.3, 0.4) is 0 Å². The molecule has 1 saturated carbocycles. The Morgan fingerprint density at radius 1 is 1.53 bits per heavy atom. The molecule has 2 aromatic rings. The van der Waals surface area contributed by atoms with Crippen LogP contribution in [-0.4, -0.2) is 19.7 Å². The molecule has 2 aromatic heterocycles. The van der Waals surface area contributed by atoms with Gasteiger partial charge in [-0.3, -0.25) is 9.48 Å². The molecule has 6 heteroatoms. The largest absolute Gasteiger partial charge is 0.306 e. The van der Waals surface area contributed by atoms with Crippen molar-refractivity contribution in [2.75, 3.05) is 0 Å². The van der Waals surface area contributed by atoms with Gasteiger partial charge in [0.25, 0.3) is 5.56 Å². The van der Waals surface area contributed by atoms with E-state index in [0.717, 1.165) is 27.7 Å². The van der Waals surface area contributed by atoms with Crippen LogP contribution in [0.2, 0.25) is 0 Å². The smallest absolute Gasteiger partial charge is 0.264 e. The highest BCUT2D eigenvalue weighted by atomic mass is 127. The fourth-order valence-corrected chi connectivity index (χ4v) is 2.48. The predicted octanol–water partition coefficient (Wildman–Crippen LogP) is 1.65. The summed E-state index contributed by atoms with van der Waals surface area (Å²) in [6.45, 7) is 0. The van der Waals surface area contributed by atoms with Gasteiger partial charge in [-0.1, -0.05) is 0 Å². The van der Waals surface area contributed by atoms with E-state index in [9.17, 15) is 4.79 Å². The molecule has 1 fully saturated rings. The van der Waals surface area contributed by atoms with Crippen LogP contribution in [0.4, 0.5) is 0 Å². The van der Waals surface area contributed by atoms with E-state index in [1.165, 1.54) is 0 Å². The van der Waals surface area contributed by atoms with Crippen molar-refractivity contribution >= 4 is 22.6 Å². The zero-order valence-corrected chi connectivity index (χ0v) is 11.4. The van der Waals surface area contributed by atoms with Crippen molar-refractivity contribution in [3.8, 4) is 11.4 Å². The molecule has 1 N–H and O–H groups in total. The maximum atomic E-state index is 11.8. The molecule has 1 aliphatic rings. The van der Waals surface area contributed by atoms with E-state index >= 15 is 0 Å². The number of aromatic nitrogens is 4. The minimum Gasteiger partial charge on any atom is -0.306 e. The number of halogens is 1. The van der Waals surface area contributed by atoms with Crippen molar-refractivity contribution in [1.29, 1.82) is 0 Å². The lowest BCUT2D eigenvalue weighted by Crippen LogP contribution is -2.15. The Morgan fingerprint density at radius 2 is 2.29 bits per heavy atom. The minimum atomic E-state index is -0.0543. The maximum Gasteiger partial charge on any atom is 0.264 e. The highest BCUT2D eigenvalue weighted by Crippen LogP contribution is 2.40. The number of nitrogens with zero attached hydrogens (tertiary/aromatic N) is 3. The Bertz CT molecular complexity index is 627. The van der Waals surface area contributed by atoms with E-state index < -0.39 is 0 Å². The predicted molar refractivity (Wildman–Crippen MR) is 71.8 cm³/mol. The molecule has 88 valence electrons. The highest BCUT2D eigenvalue weighted by Gasteiger charge is 2.29. The summed E-state index contributed by atoms with van der Waals surface area (Å²) >= 11 is 2.07. The summed E-state index contributed by atoms with van der Waals surface area (Å²) < 4.78 is 2.42. The van der Waals surface area contributed by atoms with E-state index in [2.05, 4.69) is 37.7 Å². The lowest BCUT2D eigenvalue weighted by molar-refractivity contribution is 0.768. The number of hydrogen-bond acceptors (Lipinski definition) is 3. The summed E-state index contributed by atoms with van der Waals surface area (Å²) in [5.74, 6) is 1.09. The monoisotopic (exact) mass is 342 g/mol. The van der Waals surface area contributed by atoms with E-state index in [-0.39, 0.29) is 5.56 Å². The number of hydrogen-bond donors (Lipinski definition) is 1. The normalized spacial score (nSPS) is 15.2. The van der Waals surface area contributed by atoms with Crippen LogP contribution in [0.25, 0.3) is 11.4 Å². The van der Waals surface area contributed by atoms with Crippen molar-refractivity contribution in [2.24, 2.45) is 7.05 Å². The average molecular weight is 342 g/mol. The average Bonchev–Trinajstić information content (AvgIpc) is 3.05. The van der Waals surface area contributed by atoms with Gasteiger partial charge in [0.05, 0.1) is 21.0 Å². The Hall–Kier alpha value is -1.18. The molecule has 0 aromatic carbocycles. The molecule has 0 atom stereocenters. The molecular formula is C11H11IN4O. The van der Waals surface area contributed by atoms with Crippen LogP contribution in [0.5, 0.6) is 0 Å². The Morgan fingerprint density at radius 3 is 2.88 bits per heavy atom. The van der Waals surface area contributed by atoms with Gasteiger partial charge in [0.2, 0.25) is 0 Å². The van der Waals surface area contributed by atoms with Crippen LogP contribution in [-0.2, 0) is 7.05 Å². The van der Waals surface area contributed by atoms with Crippen molar-refractivity contribution in [3.63, 3.8) is 0 Å². The molecule has 0 aliphatic heterocycles. The maximum absolute atomic E-state index is 11.8. The van der Waals surface area contributed by atoms with E-state index in [4.69, 9.17) is 0 Å². The third kappa shape index (κ3) is 2.01. The molecule has 0 saturated heterocycles. The lowest BCUT2D eigenvalue weighted by atomic mass is 10.2. The summed E-state index contributed by atoms with van der Waals surface area (Å²) in [4.78, 5) is 19.2. The Labute approximate surface area is 111 Å². The van der Waals surface area contributed by atoms with Gasteiger partial charge in [0.15, 0.2) is 0 Å². The number of aromatic amines is 1. The van der Waals surface area contributed by atoms with E-state index in [1.807, 2.05) is 13.2 Å². The lowest BCUT2D eigenvalue weighted by Gasteiger charge is -2.03. The van der Waals surface area contributed by atoms with Crippen molar-refractivity contribution in [1.82, 2.24) is 19.7 Å². The molecule has 0 radical (unpaired) electrons. The van der Waals surface area contributed by atoms with Crippen LogP contribution >= 0.6 is 22.6 Å². The summed E-state index contributed by atoms with van der Waals surface area (Å²) in [6.07, 6.45) is 5.83. The summed E-state index contributed by atoms with van der Waals surface area (Å²) in [7, 11) is 1.84. The second-order valence-electron chi connectivity index (χ2n) is 4.29. The third-order valence-corrected chi connectivity index (χ3v) is 3.87. The van der Waals surface area contributed by atoms with E-state index in [1.54, 1.807) is 10.9 Å². The van der Waals surface area contributed by atoms with Gasteiger partial charge in [-0.2, -0.15) is 5.10 Å². The molecule has 0 unspecified atom stereocenters. The van der Waals surface area contributed by atoms with E-state index in [0.29, 0.717) is 11.7 Å². The number of nitrogens with one attached hydrogen (secondary N) is 1. The zero-order chi connectivity index (χ0) is 12.0. The SMILES string of the molecule is Cn1cc(-c2nc(C3CC3)c(I)c(=O)[nH]2)cn1. The quantitative estimate of drug-likeness (QED) is 0.845. The number of aryl methyl sites for hydroxylation is 1. The minimum absolute atomic E-state index is 0.0543. The third-order valence-electron chi connectivity index (χ3n) is 2.83. The highest BCUT2D eigenvalue weighted by molar-refractivity contribution is 14.1. The first kappa shape index (κ1) is 10.9. The molecule has 0 bridgehead atoms. The molecule has 5 nitrogen and oxygen atoms in total. The first-order valence-electron chi connectivity index (χ1n) is 5.44. The molecule has 17 heavy (non-hydrogen) atoms. The summed E-state index contributed by atoms with van der Waals surface area (Å²) in [5, 5.41) is 4.09. The molecule has 2 heterocycles. The summed E-state index contributed by atoms with van der Waals surface area (Å²) in [5.41, 5.74) is 1.73.